The molecule has 0 unspecified atom stereocenters. The van der Waals surface area contributed by atoms with E-state index in [1.807, 2.05) is 12.1 Å². The molecule has 1 N–H and O–H groups in total. The number of ether oxygens (including phenoxy) is 1. The minimum absolute atomic E-state index is 0.0978. The summed E-state index contributed by atoms with van der Waals surface area (Å²) in [6.45, 7) is 3.46. The van der Waals surface area contributed by atoms with Crippen molar-refractivity contribution in [3.63, 3.8) is 0 Å². The van der Waals surface area contributed by atoms with Crippen LogP contribution in [0.1, 0.15) is 48.7 Å². The summed E-state index contributed by atoms with van der Waals surface area (Å²) in [6.07, 6.45) is 1.05. The first-order valence-electron chi connectivity index (χ1n) is 10.1. The number of hydrogen-bond donors (Lipinski definition) is 1. The van der Waals surface area contributed by atoms with Crippen LogP contribution in [-0.2, 0) is 16.0 Å². The summed E-state index contributed by atoms with van der Waals surface area (Å²) in [5.74, 6) is -1.57. The first-order chi connectivity index (χ1) is 16.3. The van der Waals surface area contributed by atoms with Crippen molar-refractivity contribution in [1.29, 1.82) is 10.5 Å². The molecule has 3 rings (SSSR count). The molecule has 2 aromatic heterocycles. The van der Waals surface area contributed by atoms with Gasteiger partial charge in [0.2, 0.25) is 0 Å². The molecule has 0 saturated carbocycles. The molecular weight excluding hydrogens is 456 g/mol. The summed E-state index contributed by atoms with van der Waals surface area (Å²) in [6, 6.07) is 13.2. The van der Waals surface area contributed by atoms with E-state index < -0.39 is 17.7 Å². The van der Waals surface area contributed by atoms with Gasteiger partial charge in [0, 0.05) is 22.9 Å². The van der Waals surface area contributed by atoms with Crippen LogP contribution in [0.25, 0.3) is 17.4 Å². The van der Waals surface area contributed by atoms with E-state index in [9.17, 15) is 24.9 Å². The molecule has 0 amide bonds. The van der Waals surface area contributed by atoms with E-state index >= 15 is 0 Å². The summed E-state index contributed by atoms with van der Waals surface area (Å²) in [5.41, 5.74) is 1.10. The van der Waals surface area contributed by atoms with Crippen molar-refractivity contribution >= 4 is 35.1 Å². The SMILES string of the molecule is CCOC(=O)c1sc(CC(=O)/C(C#N)=C/c2ccc(-c3cccc(C(=O)O)c3)o2)c(C#N)c1C. The molecule has 34 heavy (non-hydrogen) atoms. The van der Waals surface area contributed by atoms with Crippen LogP contribution in [0.3, 0.4) is 0 Å². The molecule has 0 aliphatic carbocycles. The fourth-order valence-electron chi connectivity index (χ4n) is 3.18. The predicted octanol–water partition coefficient (Wildman–Crippen LogP) is 4.78. The Morgan fingerprint density at radius 1 is 1.21 bits per heavy atom. The normalized spacial score (nSPS) is 10.9. The quantitative estimate of drug-likeness (QED) is 0.279. The molecule has 0 atom stereocenters. The molecule has 8 nitrogen and oxygen atoms in total. The van der Waals surface area contributed by atoms with E-state index in [1.54, 1.807) is 38.1 Å². The van der Waals surface area contributed by atoms with Crippen molar-refractivity contribution in [3.05, 3.63) is 74.2 Å². The number of benzene rings is 1. The Hall–Kier alpha value is -4.47. The van der Waals surface area contributed by atoms with Crippen LogP contribution < -0.4 is 0 Å². The number of carbonyl (C=O) groups excluding carboxylic acids is 2. The predicted molar refractivity (Wildman–Crippen MR) is 123 cm³/mol. The lowest BCUT2D eigenvalue weighted by Crippen LogP contribution is -2.05. The maximum Gasteiger partial charge on any atom is 0.348 e. The number of allylic oxidation sites excluding steroid dienone is 1. The number of carboxylic acid groups (broad SMARTS) is 1. The number of ketones is 1. The lowest BCUT2D eigenvalue weighted by atomic mass is 10.0. The number of carbonyl (C=O) groups is 3. The first-order valence-corrected chi connectivity index (χ1v) is 10.9. The number of aromatic carboxylic acids is 1. The molecule has 9 heteroatoms. The Morgan fingerprint density at radius 2 is 1.97 bits per heavy atom. The van der Waals surface area contributed by atoms with Crippen molar-refractivity contribution in [3.8, 4) is 23.5 Å². The number of thiophene rings is 1. The third-order valence-electron chi connectivity index (χ3n) is 4.84. The monoisotopic (exact) mass is 474 g/mol. The van der Waals surface area contributed by atoms with Gasteiger partial charge in [-0.25, -0.2) is 9.59 Å². The number of nitriles is 2. The van der Waals surface area contributed by atoms with Crippen molar-refractivity contribution in [2.24, 2.45) is 0 Å². The number of hydrogen-bond acceptors (Lipinski definition) is 8. The lowest BCUT2D eigenvalue weighted by Gasteiger charge is -2.00. The summed E-state index contributed by atoms with van der Waals surface area (Å²) in [5, 5.41) is 28.2. The number of nitrogens with zero attached hydrogens (tertiary/aromatic N) is 2. The molecule has 2 heterocycles. The summed E-state index contributed by atoms with van der Waals surface area (Å²) in [4.78, 5) is 36.7. The number of Topliss-reactive ketones (excluding diaryl/α,β-unsaturated/α-hetero) is 1. The minimum atomic E-state index is -1.07. The summed E-state index contributed by atoms with van der Waals surface area (Å²) >= 11 is 1.00. The molecule has 1 aromatic carbocycles. The second-order valence-corrected chi connectivity index (χ2v) is 8.15. The van der Waals surface area contributed by atoms with E-state index in [-0.39, 0.29) is 40.4 Å². The van der Waals surface area contributed by atoms with E-state index in [0.29, 0.717) is 21.8 Å². The highest BCUT2D eigenvalue weighted by atomic mass is 32.1. The smallest absolute Gasteiger partial charge is 0.348 e. The lowest BCUT2D eigenvalue weighted by molar-refractivity contribution is -0.114. The molecule has 170 valence electrons. The van der Waals surface area contributed by atoms with Crippen LogP contribution in [0.5, 0.6) is 0 Å². The molecule has 0 saturated heterocycles. The molecule has 0 fully saturated rings. The topological polar surface area (TPSA) is 141 Å². The van der Waals surface area contributed by atoms with Crippen LogP contribution in [0.4, 0.5) is 0 Å². The Morgan fingerprint density at radius 3 is 2.62 bits per heavy atom. The van der Waals surface area contributed by atoms with Gasteiger partial charge in [-0.05, 0) is 43.7 Å². The van der Waals surface area contributed by atoms with E-state index in [2.05, 4.69) is 0 Å². The Kier molecular flexibility index (Phi) is 7.42. The van der Waals surface area contributed by atoms with Gasteiger partial charge >= 0.3 is 11.9 Å². The van der Waals surface area contributed by atoms with E-state index in [0.717, 1.165) is 11.3 Å². The summed E-state index contributed by atoms with van der Waals surface area (Å²) in [7, 11) is 0. The van der Waals surface area contributed by atoms with Gasteiger partial charge in [-0.2, -0.15) is 10.5 Å². The second kappa shape index (κ2) is 10.4. The fourth-order valence-corrected chi connectivity index (χ4v) is 4.33. The van der Waals surface area contributed by atoms with Gasteiger partial charge in [0.25, 0.3) is 0 Å². The fraction of sp³-hybridized carbons (Fsp3) is 0.160. The number of furan rings is 1. The van der Waals surface area contributed by atoms with Gasteiger partial charge in [0.15, 0.2) is 5.78 Å². The molecule has 0 spiro atoms. The Bertz CT molecular complexity index is 1400. The third kappa shape index (κ3) is 5.12. The average molecular weight is 474 g/mol. The Labute approximate surface area is 198 Å². The number of esters is 1. The number of carboxylic acids is 1. The van der Waals surface area contributed by atoms with Crippen LogP contribution in [0.2, 0.25) is 0 Å². The highest BCUT2D eigenvalue weighted by Gasteiger charge is 2.23. The van der Waals surface area contributed by atoms with Crippen LogP contribution >= 0.6 is 11.3 Å². The van der Waals surface area contributed by atoms with E-state index in [4.69, 9.17) is 14.3 Å². The minimum Gasteiger partial charge on any atom is -0.478 e. The van der Waals surface area contributed by atoms with Crippen molar-refractivity contribution in [2.75, 3.05) is 6.61 Å². The largest absolute Gasteiger partial charge is 0.478 e. The highest BCUT2D eigenvalue weighted by Crippen LogP contribution is 2.30. The van der Waals surface area contributed by atoms with Crippen LogP contribution in [-0.4, -0.2) is 29.4 Å². The molecule has 0 radical (unpaired) electrons. The second-order valence-electron chi connectivity index (χ2n) is 7.04. The van der Waals surface area contributed by atoms with Crippen molar-refractivity contribution in [1.82, 2.24) is 0 Å². The van der Waals surface area contributed by atoms with E-state index in [1.165, 1.54) is 18.2 Å². The zero-order valence-corrected chi connectivity index (χ0v) is 19.1. The average Bonchev–Trinajstić information content (AvgIpc) is 3.41. The number of rotatable bonds is 8. The van der Waals surface area contributed by atoms with Gasteiger partial charge in [-0.3, -0.25) is 4.79 Å². The third-order valence-corrected chi connectivity index (χ3v) is 6.11. The molecule has 0 bridgehead atoms. The molecular formula is C25H18N2O6S. The van der Waals surface area contributed by atoms with Gasteiger partial charge in [0.05, 0.1) is 23.3 Å². The standard InChI is InChI=1S/C25H18N2O6S/c1-3-32-25(31)23-14(2)19(13-27)22(34-23)11-20(28)17(12-26)10-18-7-8-21(33-18)15-5-4-6-16(9-15)24(29)30/h4-10H,3,11H2,1-2H3,(H,29,30)/b17-10+. The maximum absolute atomic E-state index is 12.8. The molecule has 3 aromatic rings. The zero-order chi connectivity index (χ0) is 24.8. The molecule has 0 aliphatic heterocycles. The van der Waals surface area contributed by atoms with Crippen LogP contribution in [0.15, 0.2) is 46.4 Å². The Balaban J connectivity index is 1.86. The zero-order valence-electron chi connectivity index (χ0n) is 18.2. The van der Waals surface area contributed by atoms with Crippen molar-refractivity contribution in [2.45, 2.75) is 20.3 Å². The summed E-state index contributed by atoms with van der Waals surface area (Å²) < 4.78 is 10.7. The van der Waals surface area contributed by atoms with Gasteiger partial charge in [0.1, 0.15) is 28.5 Å². The maximum atomic E-state index is 12.8. The molecule has 0 aliphatic rings. The van der Waals surface area contributed by atoms with Crippen molar-refractivity contribution < 1.29 is 28.6 Å². The van der Waals surface area contributed by atoms with Gasteiger partial charge in [-0.15, -0.1) is 11.3 Å². The highest BCUT2D eigenvalue weighted by molar-refractivity contribution is 7.14. The van der Waals surface area contributed by atoms with Gasteiger partial charge in [-0.1, -0.05) is 12.1 Å². The first kappa shape index (κ1) is 24.2. The van der Waals surface area contributed by atoms with Gasteiger partial charge < -0.3 is 14.3 Å². The van der Waals surface area contributed by atoms with Crippen LogP contribution in [0, 0.1) is 29.6 Å².